The van der Waals surface area contributed by atoms with Crippen molar-refractivity contribution in [3.8, 4) is 0 Å². The summed E-state index contributed by atoms with van der Waals surface area (Å²) in [4.78, 5) is 13.6. The highest BCUT2D eigenvalue weighted by Gasteiger charge is 2.36. The Morgan fingerprint density at radius 2 is 2.29 bits per heavy atom. The lowest BCUT2D eigenvalue weighted by Crippen LogP contribution is -2.36. The highest BCUT2D eigenvalue weighted by molar-refractivity contribution is 7.99. The quantitative estimate of drug-likeness (QED) is 0.740. The summed E-state index contributed by atoms with van der Waals surface area (Å²) in [6.07, 6.45) is 6.31. The first-order valence-electron chi connectivity index (χ1n) is 5.28. The standard InChI is InChI=1S/C10H18N2OS/c1-14-9-3-2-8(5-9)12-6-7(11)4-10(12)13/h7-9H,2-6,11H2,1H3. The monoisotopic (exact) mass is 214 g/mol. The van der Waals surface area contributed by atoms with Gasteiger partial charge in [-0.1, -0.05) is 0 Å². The zero-order valence-electron chi connectivity index (χ0n) is 8.61. The van der Waals surface area contributed by atoms with E-state index in [0.29, 0.717) is 12.5 Å². The van der Waals surface area contributed by atoms with Crippen molar-refractivity contribution in [1.29, 1.82) is 0 Å². The van der Waals surface area contributed by atoms with Gasteiger partial charge in [-0.2, -0.15) is 11.8 Å². The number of carbonyl (C=O) groups is 1. The summed E-state index contributed by atoms with van der Waals surface area (Å²) in [5, 5.41) is 0.754. The average Bonchev–Trinajstić information content (AvgIpc) is 2.71. The van der Waals surface area contributed by atoms with Gasteiger partial charge in [0.25, 0.3) is 0 Å². The van der Waals surface area contributed by atoms with Crippen molar-refractivity contribution in [2.75, 3.05) is 12.8 Å². The Balaban J connectivity index is 1.93. The molecule has 1 amide bonds. The van der Waals surface area contributed by atoms with Crippen LogP contribution < -0.4 is 5.73 Å². The molecule has 80 valence electrons. The second kappa shape index (κ2) is 4.11. The number of hydrogen-bond donors (Lipinski definition) is 1. The van der Waals surface area contributed by atoms with E-state index in [1.54, 1.807) is 0 Å². The van der Waals surface area contributed by atoms with Gasteiger partial charge in [-0.25, -0.2) is 0 Å². The van der Waals surface area contributed by atoms with Crippen molar-refractivity contribution in [1.82, 2.24) is 4.90 Å². The van der Waals surface area contributed by atoms with E-state index in [9.17, 15) is 4.79 Å². The lowest BCUT2D eigenvalue weighted by atomic mass is 10.2. The van der Waals surface area contributed by atoms with E-state index in [2.05, 4.69) is 6.26 Å². The van der Waals surface area contributed by atoms with E-state index >= 15 is 0 Å². The maximum absolute atomic E-state index is 11.6. The molecule has 0 radical (unpaired) electrons. The largest absolute Gasteiger partial charge is 0.338 e. The van der Waals surface area contributed by atoms with Gasteiger partial charge in [0.05, 0.1) is 0 Å². The summed E-state index contributed by atoms with van der Waals surface area (Å²) < 4.78 is 0. The first-order valence-corrected chi connectivity index (χ1v) is 6.57. The Bertz CT molecular complexity index is 234. The SMILES string of the molecule is CSC1CCC(N2CC(N)CC2=O)C1. The Morgan fingerprint density at radius 3 is 2.79 bits per heavy atom. The smallest absolute Gasteiger partial charge is 0.224 e. The van der Waals surface area contributed by atoms with Crippen LogP contribution in [0.5, 0.6) is 0 Å². The number of carbonyl (C=O) groups excluding carboxylic acids is 1. The van der Waals surface area contributed by atoms with Crippen molar-refractivity contribution in [2.45, 2.75) is 43.0 Å². The van der Waals surface area contributed by atoms with Crippen molar-refractivity contribution >= 4 is 17.7 Å². The van der Waals surface area contributed by atoms with Gasteiger partial charge in [-0.3, -0.25) is 4.79 Å². The molecule has 3 nitrogen and oxygen atoms in total. The van der Waals surface area contributed by atoms with E-state index in [0.717, 1.165) is 11.8 Å². The number of nitrogens with zero attached hydrogens (tertiary/aromatic N) is 1. The van der Waals surface area contributed by atoms with Crippen LogP contribution >= 0.6 is 11.8 Å². The molecule has 2 rings (SSSR count). The highest BCUT2D eigenvalue weighted by Crippen LogP contribution is 2.33. The summed E-state index contributed by atoms with van der Waals surface area (Å²) in [5.41, 5.74) is 5.78. The van der Waals surface area contributed by atoms with E-state index in [4.69, 9.17) is 5.73 Å². The second-order valence-corrected chi connectivity index (χ2v) is 5.47. The number of likely N-dealkylation sites (tertiary alicyclic amines) is 1. The number of hydrogen-bond acceptors (Lipinski definition) is 3. The molecule has 1 saturated carbocycles. The number of amides is 1. The van der Waals surface area contributed by atoms with Crippen LogP contribution in [0.2, 0.25) is 0 Å². The molecule has 1 saturated heterocycles. The molecule has 2 N–H and O–H groups in total. The minimum absolute atomic E-state index is 0.0795. The van der Waals surface area contributed by atoms with Gasteiger partial charge in [-0.05, 0) is 25.5 Å². The molecule has 14 heavy (non-hydrogen) atoms. The number of nitrogens with two attached hydrogens (primary N) is 1. The van der Waals surface area contributed by atoms with E-state index in [-0.39, 0.29) is 11.9 Å². The van der Waals surface area contributed by atoms with Gasteiger partial charge in [0.2, 0.25) is 5.91 Å². The summed E-state index contributed by atoms with van der Waals surface area (Å²) in [6, 6.07) is 0.560. The summed E-state index contributed by atoms with van der Waals surface area (Å²) >= 11 is 1.93. The maximum Gasteiger partial charge on any atom is 0.224 e. The molecule has 2 fully saturated rings. The molecule has 0 aromatic rings. The third-order valence-electron chi connectivity index (χ3n) is 3.32. The van der Waals surface area contributed by atoms with Crippen molar-refractivity contribution in [2.24, 2.45) is 5.73 Å². The van der Waals surface area contributed by atoms with Gasteiger partial charge < -0.3 is 10.6 Å². The molecule has 3 unspecified atom stereocenters. The summed E-state index contributed by atoms with van der Waals surface area (Å²) in [5.74, 6) is 0.268. The molecule has 0 bridgehead atoms. The predicted molar refractivity (Wildman–Crippen MR) is 59.2 cm³/mol. The first kappa shape index (κ1) is 10.3. The van der Waals surface area contributed by atoms with Crippen LogP contribution in [0.15, 0.2) is 0 Å². The molecular weight excluding hydrogens is 196 g/mol. The van der Waals surface area contributed by atoms with Crippen LogP contribution in [0.4, 0.5) is 0 Å². The van der Waals surface area contributed by atoms with Crippen LogP contribution in [0.1, 0.15) is 25.7 Å². The molecule has 0 aromatic carbocycles. The fraction of sp³-hybridized carbons (Fsp3) is 0.900. The number of rotatable bonds is 2. The molecule has 4 heteroatoms. The van der Waals surface area contributed by atoms with Crippen LogP contribution in [0.3, 0.4) is 0 Å². The molecule has 2 aliphatic rings. The Labute approximate surface area is 89.4 Å². The molecule has 1 aliphatic heterocycles. The molecule has 1 heterocycles. The van der Waals surface area contributed by atoms with Crippen LogP contribution in [-0.4, -0.2) is 40.9 Å². The Hall–Kier alpha value is -0.220. The fourth-order valence-corrected chi connectivity index (χ4v) is 3.31. The topological polar surface area (TPSA) is 46.3 Å². The van der Waals surface area contributed by atoms with Gasteiger partial charge in [0.1, 0.15) is 0 Å². The van der Waals surface area contributed by atoms with Crippen LogP contribution in [0.25, 0.3) is 0 Å². The first-order chi connectivity index (χ1) is 6.70. The molecule has 1 aliphatic carbocycles. The van der Waals surface area contributed by atoms with Crippen molar-refractivity contribution in [3.05, 3.63) is 0 Å². The van der Waals surface area contributed by atoms with Crippen LogP contribution in [-0.2, 0) is 4.79 Å². The Kier molecular flexibility index (Phi) is 3.02. The van der Waals surface area contributed by atoms with E-state index in [1.165, 1.54) is 19.3 Å². The van der Waals surface area contributed by atoms with Crippen molar-refractivity contribution < 1.29 is 4.79 Å². The Morgan fingerprint density at radius 1 is 1.50 bits per heavy atom. The summed E-state index contributed by atoms with van der Waals surface area (Å²) in [6.45, 7) is 0.782. The third-order valence-corrected chi connectivity index (χ3v) is 4.41. The van der Waals surface area contributed by atoms with Gasteiger partial charge in [0.15, 0.2) is 0 Å². The van der Waals surface area contributed by atoms with Crippen LogP contribution in [0, 0.1) is 0 Å². The average molecular weight is 214 g/mol. The zero-order valence-corrected chi connectivity index (χ0v) is 9.43. The molecule has 0 aromatic heterocycles. The molecular formula is C10H18N2OS. The normalized spacial score (nSPS) is 38.3. The highest BCUT2D eigenvalue weighted by atomic mass is 32.2. The van der Waals surface area contributed by atoms with E-state index < -0.39 is 0 Å². The number of thioether (sulfide) groups is 1. The predicted octanol–water partition coefficient (Wildman–Crippen LogP) is 0.830. The minimum Gasteiger partial charge on any atom is -0.338 e. The minimum atomic E-state index is 0.0795. The van der Waals surface area contributed by atoms with Gasteiger partial charge in [-0.15, -0.1) is 0 Å². The molecule has 0 spiro atoms. The van der Waals surface area contributed by atoms with E-state index in [1.807, 2.05) is 16.7 Å². The van der Waals surface area contributed by atoms with Gasteiger partial charge >= 0.3 is 0 Å². The lowest BCUT2D eigenvalue weighted by Gasteiger charge is -2.24. The zero-order chi connectivity index (χ0) is 10.1. The lowest BCUT2D eigenvalue weighted by molar-refractivity contribution is -0.129. The molecule has 3 atom stereocenters. The fourth-order valence-electron chi connectivity index (χ4n) is 2.53. The van der Waals surface area contributed by atoms with Gasteiger partial charge in [0, 0.05) is 30.3 Å². The second-order valence-electron chi connectivity index (χ2n) is 4.33. The van der Waals surface area contributed by atoms with Crippen molar-refractivity contribution in [3.63, 3.8) is 0 Å². The third kappa shape index (κ3) is 1.91. The maximum atomic E-state index is 11.6. The summed E-state index contributed by atoms with van der Waals surface area (Å²) in [7, 11) is 0.